The number of rotatable bonds is 2. The summed E-state index contributed by atoms with van der Waals surface area (Å²) < 4.78 is 0.927. The van der Waals surface area contributed by atoms with Gasteiger partial charge in [0.15, 0.2) is 0 Å². The third-order valence-corrected chi connectivity index (χ3v) is 4.21. The summed E-state index contributed by atoms with van der Waals surface area (Å²) in [5, 5.41) is 10.9. The van der Waals surface area contributed by atoms with Crippen molar-refractivity contribution in [2.75, 3.05) is 0 Å². The molecule has 0 atom stereocenters. The maximum atomic E-state index is 12.4. The lowest BCUT2D eigenvalue weighted by Crippen LogP contribution is -1.98. The van der Waals surface area contributed by atoms with Gasteiger partial charge in [-0.3, -0.25) is 4.79 Å². The predicted molar refractivity (Wildman–Crippen MR) is 78.1 cm³/mol. The molecule has 0 saturated heterocycles. The molecule has 3 aromatic rings. The SMILES string of the molecule is Cc1cccc(C(=O)c2sc3ccccc3c2O)c1. The molecule has 1 heterocycles. The summed E-state index contributed by atoms with van der Waals surface area (Å²) in [6.45, 7) is 1.95. The maximum Gasteiger partial charge on any atom is 0.206 e. The quantitative estimate of drug-likeness (QED) is 0.709. The maximum absolute atomic E-state index is 12.4. The van der Waals surface area contributed by atoms with Gasteiger partial charge < -0.3 is 5.11 Å². The number of ketones is 1. The average molecular weight is 268 g/mol. The van der Waals surface area contributed by atoms with Crippen LogP contribution in [0.4, 0.5) is 0 Å². The highest BCUT2D eigenvalue weighted by Gasteiger charge is 2.19. The summed E-state index contributed by atoms with van der Waals surface area (Å²) in [4.78, 5) is 12.8. The number of hydrogen-bond donors (Lipinski definition) is 1. The van der Waals surface area contributed by atoms with Gasteiger partial charge in [-0.1, -0.05) is 35.9 Å². The summed E-state index contributed by atoms with van der Waals surface area (Å²) in [6, 6.07) is 14.9. The number of thiophene rings is 1. The van der Waals surface area contributed by atoms with Gasteiger partial charge in [-0.2, -0.15) is 0 Å². The normalized spacial score (nSPS) is 10.8. The number of aryl methyl sites for hydroxylation is 1. The van der Waals surface area contributed by atoms with Crippen LogP contribution in [0, 0.1) is 6.92 Å². The highest BCUT2D eigenvalue weighted by atomic mass is 32.1. The molecule has 1 aromatic heterocycles. The van der Waals surface area contributed by atoms with Crippen LogP contribution in [-0.4, -0.2) is 10.9 Å². The molecule has 0 saturated carbocycles. The van der Waals surface area contributed by atoms with Crippen LogP contribution in [0.1, 0.15) is 20.8 Å². The van der Waals surface area contributed by atoms with Gasteiger partial charge in [0.25, 0.3) is 0 Å². The van der Waals surface area contributed by atoms with Gasteiger partial charge in [0.2, 0.25) is 5.78 Å². The number of carbonyl (C=O) groups is 1. The van der Waals surface area contributed by atoms with E-state index in [2.05, 4.69) is 0 Å². The average Bonchev–Trinajstić information content (AvgIpc) is 2.76. The van der Waals surface area contributed by atoms with Crippen LogP contribution in [0.2, 0.25) is 0 Å². The van der Waals surface area contributed by atoms with Crippen LogP contribution in [0.5, 0.6) is 5.75 Å². The molecule has 0 aliphatic rings. The minimum atomic E-state index is -0.123. The Hall–Kier alpha value is -2.13. The van der Waals surface area contributed by atoms with Gasteiger partial charge in [0, 0.05) is 15.6 Å². The molecule has 0 unspecified atom stereocenters. The number of aromatic hydroxyl groups is 1. The molecule has 94 valence electrons. The zero-order valence-corrected chi connectivity index (χ0v) is 11.2. The molecule has 0 fully saturated rings. The van der Waals surface area contributed by atoms with Crippen molar-refractivity contribution in [1.82, 2.24) is 0 Å². The van der Waals surface area contributed by atoms with Crippen molar-refractivity contribution in [3.8, 4) is 5.75 Å². The van der Waals surface area contributed by atoms with E-state index in [4.69, 9.17) is 0 Å². The lowest BCUT2D eigenvalue weighted by Gasteiger charge is -2.00. The van der Waals surface area contributed by atoms with Crippen molar-refractivity contribution in [3.05, 3.63) is 64.5 Å². The van der Waals surface area contributed by atoms with Gasteiger partial charge in [-0.15, -0.1) is 11.3 Å². The smallest absolute Gasteiger partial charge is 0.206 e. The zero-order valence-electron chi connectivity index (χ0n) is 10.4. The van der Waals surface area contributed by atoms with E-state index in [1.807, 2.05) is 49.4 Å². The van der Waals surface area contributed by atoms with Crippen molar-refractivity contribution < 1.29 is 9.90 Å². The molecule has 3 heteroatoms. The van der Waals surface area contributed by atoms with E-state index in [0.717, 1.165) is 15.6 Å². The van der Waals surface area contributed by atoms with E-state index in [1.54, 1.807) is 6.07 Å². The first-order chi connectivity index (χ1) is 9.16. The van der Waals surface area contributed by atoms with Crippen molar-refractivity contribution >= 4 is 27.2 Å². The molecule has 19 heavy (non-hydrogen) atoms. The van der Waals surface area contributed by atoms with Crippen LogP contribution in [0.3, 0.4) is 0 Å². The Labute approximate surface area is 114 Å². The van der Waals surface area contributed by atoms with Crippen LogP contribution >= 0.6 is 11.3 Å². The Morgan fingerprint density at radius 1 is 1.11 bits per heavy atom. The van der Waals surface area contributed by atoms with Crippen LogP contribution < -0.4 is 0 Å². The molecule has 0 bridgehead atoms. The second-order valence-electron chi connectivity index (χ2n) is 4.47. The molecule has 2 nitrogen and oxygen atoms in total. The third-order valence-electron chi connectivity index (χ3n) is 3.06. The molecule has 0 spiro atoms. The molecule has 0 radical (unpaired) electrons. The van der Waals surface area contributed by atoms with Crippen molar-refractivity contribution in [1.29, 1.82) is 0 Å². The Kier molecular flexibility index (Phi) is 2.84. The van der Waals surface area contributed by atoms with Gasteiger partial charge in [0.1, 0.15) is 10.6 Å². The summed E-state index contributed by atoms with van der Waals surface area (Å²) in [6.07, 6.45) is 0. The third kappa shape index (κ3) is 2.02. The van der Waals surface area contributed by atoms with E-state index >= 15 is 0 Å². The minimum Gasteiger partial charge on any atom is -0.506 e. The fraction of sp³-hybridized carbons (Fsp3) is 0.0625. The Balaban J connectivity index is 2.14. The topological polar surface area (TPSA) is 37.3 Å². The number of fused-ring (bicyclic) bond motifs is 1. The molecule has 0 aliphatic heterocycles. The van der Waals surface area contributed by atoms with E-state index in [1.165, 1.54) is 11.3 Å². The lowest BCUT2D eigenvalue weighted by molar-refractivity contribution is 0.104. The monoisotopic (exact) mass is 268 g/mol. The fourth-order valence-electron chi connectivity index (χ4n) is 2.10. The molecule has 0 aliphatic carbocycles. The first-order valence-corrected chi connectivity index (χ1v) is 6.80. The largest absolute Gasteiger partial charge is 0.506 e. The number of hydrogen-bond acceptors (Lipinski definition) is 3. The summed E-state index contributed by atoms with van der Waals surface area (Å²) in [7, 11) is 0. The fourth-order valence-corrected chi connectivity index (χ4v) is 3.16. The van der Waals surface area contributed by atoms with E-state index in [0.29, 0.717) is 10.4 Å². The molecular formula is C16H12O2S. The number of carbonyl (C=O) groups excluding carboxylic acids is 1. The van der Waals surface area contributed by atoms with Crippen molar-refractivity contribution in [2.24, 2.45) is 0 Å². The molecular weight excluding hydrogens is 256 g/mol. The number of benzene rings is 2. The standard InChI is InChI=1S/C16H12O2S/c1-10-5-4-6-11(9-10)14(17)16-15(18)12-7-2-3-8-13(12)19-16/h2-9,18H,1H3. The van der Waals surface area contributed by atoms with Gasteiger partial charge >= 0.3 is 0 Å². The van der Waals surface area contributed by atoms with Crippen LogP contribution in [0.25, 0.3) is 10.1 Å². The van der Waals surface area contributed by atoms with E-state index in [9.17, 15) is 9.90 Å². The summed E-state index contributed by atoms with van der Waals surface area (Å²) in [5.41, 5.74) is 1.65. The Morgan fingerprint density at radius 2 is 1.89 bits per heavy atom. The zero-order chi connectivity index (χ0) is 13.4. The molecule has 2 aromatic carbocycles. The van der Waals surface area contributed by atoms with Crippen LogP contribution in [0.15, 0.2) is 48.5 Å². The van der Waals surface area contributed by atoms with Crippen LogP contribution in [-0.2, 0) is 0 Å². The van der Waals surface area contributed by atoms with E-state index in [-0.39, 0.29) is 11.5 Å². The van der Waals surface area contributed by atoms with Gasteiger partial charge in [-0.05, 0) is 25.1 Å². The molecule has 1 N–H and O–H groups in total. The lowest BCUT2D eigenvalue weighted by atomic mass is 10.1. The molecule has 3 rings (SSSR count). The molecule has 0 amide bonds. The van der Waals surface area contributed by atoms with E-state index < -0.39 is 0 Å². The van der Waals surface area contributed by atoms with Crippen molar-refractivity contribution in [2.45, 2.75) is 6.92 Å². The second kappa shape index (κ2) is 4.52. The van der Waals surface area contributed by atoms with Gasteiger partial charge in [-0.25, -0.2) is 0 Å². The first-order valence-electron chi connectivity index (χ1n) is 5.98. The highest BCUT2D eigenvalue weighted by Crippen LogP contribution is 2.37. The summed E-state index contributed by atoms with van der Waals surface area (Å²) >= 11 is 1.33. The minimum absolute atomic E-state index is 0.0899. The predicted octanol–water partition coefficient (Wildman–Crippen LogP) is 4.15. The van der Waals surface area contributed by atoms with Crippen molar-refractivity contribution in [3.63, 3.8) is 0 Å². The first kappa shape index (κ1) is 11.9. The Bertz CT molecular complexity index is 771. The highest BCUT2D eigenvalue weighted by molar-refractivity contribution is 7.21. The second-order valence-corrected chi connectivity index (χ2v) is 5.53. The van der Waals surface area contributed by atoms with Gasteiger partial charge in [0.05, 0.1) is 0 Å². The summed E-state index contributed by atoms with van der Waals surface area (Å²) in [5.74, 6) is -0.0329. The Morgan fingerprint density at radius 3 is 2.63 bits per heavy atom.